The second-order valence-electron chi connectivity index (χ2n) is 6.47. The molecule has 0 saturated carbocycles. The summed E-state index contributed by atoms with van der Waals surface area (Å²) < 4.78 is 6.14. The zero-order valence-corrected chi connectivity index (χ0v) is 14.2. The van der Waals surface area contributed by atoms with Gasteiger partial charge in [-0.25, -0.2) is 4.98 Å². The van der Waals surface area contributed by atoms with Crippen LogP contribution in [0, 0.1) is 0 Å². The summed E-state index contributed by atoms with van der Waals surface area (Å²) in [7, 11) is 0. The number of para-hydroxylation sites is 2. The minimum absolute atomic E-state index is 0.0341. The smallest absolute Gasteiger partial charge is 0.207 e. The molecule has 0 bridgehead atoms. The Morgan fingerprint density at radius 3 is 2.19 bits per heavy atom. The average Bonchev–Trinajstić information content (AvgIpc) is 3.12. The number of benzene rings is 4. The van der Waals surface area contributed by atoms with Gasteiger partial charge in [-0.05, 0) is 34.0 Å². The van der Waals surface area contributed by atoms with Gasteiger partial charge in [-0.2, -0.15) is 0 Å². The number of hydrogen-bond acceptors (Lipinski definition) is 2. The number of fused-ring (bicyclic) bond motifs is 2. The van der Waals surface area contributed by atoms with E-state index >= 15 is 0 Å². The molecule has 2 heteroatoms. The van der Waals surface area contributed by atoms with E-state index in [-0.39, 0.29) is 5.92 Å². The lowest BCUT2D eigenvalue weighted by atomic mass is 9.90. The van der Waals surface area contributed by atoms with Gasteiger partial charge in [-0.1, -0.05) is 84.9 Å². The van der Waals surface area contributed by atoms with Crippen molar-refractivity contribution in [3.63, 3.8) is 0 Å². The van der Waals surface area contributed by atoms with E-state index in [4.69, 9.17) is 9.40 Å². The fraction of sp³-hybridized carbons (Fsp3) is 0.0417. The Balaban J connectivity index is 1.72. The average molecular weight is 335 g/mol. The second kappa shape index (κ2) is 6.16. The van der Waals surface area contributed by atoms with E-state index in [2.05, 4.69) is 66.7 Å². The molecule has 0 radical (unpaired) electrons. The first-order chi connectivity index (χ1) is 12.9. The lowest BCUT2D eigenvalue weighted by Crippen LogP contribution is -2.03. The Labute approximate surface area is 151 Å². The molecular weight excluding hydrogens is 318 g/mol. The third kappa shape index (κ3) is 2.56. The largest absolute Gasteiger partial charge is 0.440 e. The van der Waals surface area contributed by atoms with Crippen molar-refractivity contribution in [3.8, 4) is 0 Å². The van der Waals surface area contributed by atoms with Gasteiger partial charge in [0, 0.05) is 0 Å². The summed E-state index contributed by atoms with van der Waals surface area (Å²) >= 11 is 0. The zero-order valence-electron chi connectivity index (χ0n) is 14.2. The molecule has 2 nitrogen and oxygen atoms in total. The van der Waals surface area contributed by atoms with Crippen molar-refractivity contribution in [2.75, 3.05) is 0 Å². The Morgan fingerprint density at radius 2 is 1.35 bits per heavy atom. The summed E-state index contributed by atoms with van der Waals surface area (Å²) in [6.07, 6.45) is 0. The van der Waals surface area contributed by atoms with Gasteiger partial charge in [0.05, 0.1) is 5.92 Å². The number of hydrogen-bond donors (Lipinski definition) is 0. The van der Waals surface area contributed by atoms with Crippen molar-refractivity contribution in [2.45, 2.75) is 5.92 Å². The highest BCUT2D eigenvalue weighted by atomic mass is 16.3. The van der Waals surface area contributed by atoms with Gasteiger partial charge in [0.2, 0.25) is 5.89 Å². The van der Waals surface area contributed by atoms with Gasteiger partial charge in [0.15, 0.2) is 5.58 Å². The summed E-state index contributed by atoms with van der Waals surface area (Å²) in [5.41, 5.74) is 4.07. The molecular formula is C24H17NO. The van der Waals surface area contributed by atoms with Gasteiger partial charge < -0.3 is 4.42 Å². The van der Waals surface area contributed by atoms with Crippen LogP contribution >= 0.6 is 0 Å². The van der Waals surface area contributed by atoms with Crippen molar-refractivity contribution < 1.29 is 4.42 Å². The van der Waals surface area contributed by atoms with E-state index in [9.17, 15) is 0 Å². The molecule has 124 valence electrons. The predicted molar refractivity (Wildman–Crippen MR) is 105 cm³/mol. The molecule has 4 aromatic carbocycles. The molecule has 0 fully saturated rings. The third-order valence-corrected chi connectivity index (χ3v) is 4.80. The highest BCUT2D eigenvalue weighted by Crippen LogP contribution is 2.34. The second-order valence-corrected chi connectivity index (χ2v) is 6.47. The van der Waals surface area contributed by atoms with Crippen LogP contribution in [0.15, 0.2) is 101 Å². The Hall–Kier alpha value is -3.39. The molecule has 0 aliphatic rings. The molecule has 0 aliphatic heterocycles. The van der Waals surface area contributed by atoms with Crippen molar-refractivity contribution in [3.05, 3.63) is 114 Å². The van der Waals surface area contributed by atoms with Gasteiger partial charge >= 0.3 is 0 Å². The van der Waals surface area contributed by atoms with Crippen molar-refractivity contribution in [2.24, 2.45) is 0 Å². The number of rotatable bonds is 3. The normalized spacial score (nSPS) is 12.5. The molecule has 26 heavy (non-hydrogen) atoms. The maximum absolute atomic E-state index is 6.14. The van der Waals surface area contributed by atoms with E-state index in [0.717, 1.165) is 17.0 Å². The van der Waals surface area contributed by atoms with Crippen LogP contribution < -0.4 is 0 Å². The van der Waals surface area contributed by atoms with Gasteiger partial charge in [0.25, 0.3) is 0 Å². The maximum atomic E-state index is 6.14. The summed E-state index contributed by atoms with van der Waals surface area (Å²) in [5.74, 6) is 0.695. The highest BCUT2D eigenvalue weighted by molar-refractivity contribution is 5.83. The molecule has 1 atom stereocenters. The van der Waals surface area contributed by atoms with E-state index in [0.29, 0.717) is 0 Å². The molecule has 5 aromatic rings. The van der Waals surface area contributed by atoms with Crippen LogP contribution in [0.3, 0.4) is 0 Å². The molecule has 5 rings (SSSR count). The van der Waals surface area contributed by atoms with Crippen molar-refractivity contribution >= 4 is 21.9 Å². The lowest BCUT2D eigenvalue weighted by Gasteiger charge is -2.15. The first kappa shape index (κ1) is 14.9. The van der Waals surface area contributed by atoms with Crippen LogP contribution in [-0.4, -0.2) is 4.98 Å². The Morgan fingerprint density at radius 1 is 0.615 bits per heavy atom. The fourth-order valence-corrected chi connectivity index (χ4v) is 3.52. The minimum atomic E-state index is -0.0341. The molecule has 1 aromatic heterocycles. The first-order valence-electron chi connectivity index (χ1n) is 8.77. The number of oxazole rings is 1. The van der Waals surface area contributed by atoms with Gasteiger partial charge in [-0.15, -0.1) is 0 Å². The lowest BCUT2D eigenvalue weighted by molar-refractivity contribution is 0.522. The van der Waals surface area contributed by atoms with Crippen molar-refractivity contribution in [1.29, 1.82) is 0 Å². The summed E-state index contributed by atoms with van der Waals surface area (Å²) in [4.78, 5) is 4.78. The minimum Gasteiger partial charge on any atom is -0.440 e. The summed E-state index contributed by atoms with van der Waals surface area (Å²) in [6.45, 7) is 0. The highest BCUT2D eigenvalue weighted by Gasteiger charge is 2.22. The molecule has 0 aliphatic carbocycles. The van der Waals surface area contributed by atoms with Crippen LogP contribution in [0.1, 0.15) is 22.9 Å². The molecule has 0 saturated heterocycles. The number of nitrogens with zero attached hydrogens (tertiary/aromatic N) is 1. The van der Waals surface area contributed by atoms with E-state index < -0.39 is 0 Å². The molecule has 1 heterocycles. The summed E-state index contributed by atoms with van der Waals surface area (Å²) in [5, 5.41) is 2.46. The third-order valence-electron chi connectivity index (χ3n) is 4.80. The van der Waals surface area contributed by atoms with E-state index in [1.54, 1.807) is 0 Å². The van der Waals surface area contributed by atoms with Crippen LogP contribution in [0.2, 0.25) is 0 Å². The zero-order chi connectivity index (χ0) is 17.3. The van der Waals surface area contributed by atoms with Crippen molar-refractivity contribution in [1.82, 2.24) is 4.98 Å². The Kier molecular flexibility index (Phi) is 3.53. The van der Waals surface area contributed by atoms with Gasteiger partial charge in [-0.3, -0.25) is 0 Å². The molecule has 0 amide bonds. The van der Waals surface area contributed by atoms with E-state index in [1.807, 2.05) is 30.3 Å². The SMILES string of the molecule is c1ccc(C(c2ccc3ccccc3c2)c2nc3ccccc3o2)cc1. The molecule has 1 unspecified atom stereocenters. The number of aromatic nitrogens is 1. The van der Waals surface area contributed by atoms with Crippen LogP contribution in [0.25, 0.3) is 21.9 Å². The van der Waals surface area contributed by atoms with E-state index in [1.165, 1.54) is 21.9 Å². The standard InChI is InChI=1S/C24H17NO/c1-2-9-18(10-3-1)23(24-25-21-12-6-7-13-22(21)26-24)20-15-14-17-8-4-5-11-19(17)16-20/h1-16,23H. The van der Waals surface area contributed by atoms with Crippen LogP contribution in [-0.2, 0) is 0 Å². The quantitative estimate of drug-likeness (QED) is 0.394. The van der Waals surface area contributed by atoms with Crippen LogP contribution in [0.4, 0.5) is 0 Å². The topological polar surface area (TPSA) is 26.0 Å². The predicted octanol–water partition coefficient (Wildman–Crippen LogP) is 6.16. The molecule has 0 N–H and O–H groups in total. The Bertz CT molecular complexity index is 1160. The van der Waals surface area contributed by atoms with Gasteiger partial charge in [0.1, 0.15) is 5.52 Å². The fourth-order valence-electron chi connectivity index (χ4n) is 3.52. The first-order valence-corrected chi connectivity index (χ1v) is 8.77. The van der Waals surface area contributed by atoms with Crippen LogP contribution in [0.5, 0.6) is 0 Å². The summed E-state index contributed by atoms with van der Waals surface area (Å²) in [6, 6.07) is 33.4. The maximum Gasteiger partial charge on any atom is 0.207 e. The molecule has 0 spiro atoms. The monoisotopic (exact) mass is 335 g/mol.